The number of halogens is 1. The largest absolute Gasteiger partial charge is 0.321 e. The number of nitrogens with one attached hydrogen (secondary N) is 1. The third kappa shape index (κ3) is 3.28. The van der Waals surface area contributed by atoms with E-state index in [9.17, 15) is 0 Å². The molecule has 6 heteroatoms. The third-order valence-electron chi connectivity index (χ3n) is 2.49. The van der Waals surface area contributed by atoms with Crippen LogP contribution in [0.2, 0.25) is 5.15 Å². The maximum Gasteiger partial charge on any atom is 0.128 e. The molecule has 2 rings (SSSR count). The van der Waals surface area contributed by atoms with E-state index in [2.05, 4.69) is 20.7 Å². The van der Waals surface area contributed by atoms with Crippen LogP contribution in [0.4, 0.5) is 0 Å². The number of hydrogen-bond acceptors (Lipinski definition) is 4. The first-order valence-electron chi connectivity index (χ1n) is 5.44. The predicted octanol–water partition coefficient (Wildman–Crippen LogP) is 2.17. The van der Waals surface area contributed by atoms with Gasteiger partial charge in [0.15, 0.2) is 0 Å². The van der Waals surface area contributed by atoms with Crippen LogP contribution in [0, 0.1) is 6.92 Å². The highest BCUT2D eigenvalue weighted by molar-refractivity contribution is 7.09. The maximum absolute atomic E-state index is 5.91. The molecule has 2 aromatic heterocycles. The highest BCUT2D eigenvalue weighted by Gasteiger charge is 2.03. The first-order chi connectivity index (χ1) is 8.16. The molecular weight excluding hydrogens is 256 g/mol. The Hall–Kier alpha value is -0.910. The van der Waals surface area contributed by atoms with Gasteiger partial charge in [0, 0.05) is 31.1 Å². The van der Waals surface area contributed by atoms with Crippen LogP contribution in [0.3, 0.4) is 0 Å². The summed E-state index contributed by atoms with van der Waals surface area (Å²) in [7, 11) is 1.91. The second-order valence-electron chi connectivity index (χ2n) is 3.87. The van der Waals surface area contributed by atoms with E-state index < -0.39 is 0 Å². The van der Waals surface area contributed by atoms with Gasteiger partial charge in [-0.3, -0.25) is 0 Å². The summed E-state index contributed by atoms with van der Waals surface area (Å²) in [5.74, 6) is 0.949. The normalized spacial score (nSPS) is 11.0. The van der Waals surface area contributed by atoms with E-state index in [0.29, 0.717) is 5.15 Å². The lowest BCUT2D eigenvalue weighted by Gasteiger charge is -2.04. The Bertz CT molecular complexity index is 491. The van der Waals surface area contributed by atoms with Gasteiger partial charge in [-0.2, -0.15) is 0 Å². The molecular formula is C11H15ClN4S. The van der Waals surface area contributed by atoms with Gasteiger partial charge in [-0.15, -0.1) is 11.3 Å². The second kappa shape index (κ2) is 5.62. The van der Waals surface area contributed by atoms with Crippen LogP contribution in [-0.2, 0) is 20.0 Å². The predicted molar refractivity (Wildman–Crippen MR) is 70.5 cm³/mol. The molecule has 2 aromatic rings. The molecule has 1 N–H and O–H groups in total. The molecule has 0 aliphatic rings. The average molecular weight is 271 g/mol. The number of nitrogens with zero attached hydrogens (tertiary/aromatic N) is 3. The summed E-state index contributed by atoms with van der Waals surface area (Å²) in [5, 5.41) is 7.25. The molecule has 0 radical (unpaired) electrons. The van der Waals surface area contributed by atoms with Gasteiger partial charge < -0.3 is 9.88 Å². The zero-order valence-corrected chi connectivity index (χ0v) is 11.5. The Balaban J connectivity index is 1.75. The van der Waals surface area contributed by atoms with E-state index in [4.69, 9.17) is 11.6 Å². The van der Waals surface area contributed by atoms with Crippen molar-refractivity contribution in [1.29, 1.82) is 0 Å². The van der Waals surface area contributed by atoms with Gasteiger partial charge in [0.2, 0.25) is 0 Å². The monoisotopic (exact) mass is 270 g/mol. The molecule has 0 spiro atoms. The lowest BCUT2D eigenvalue weighted by molar-refractivity contribution is 0.636. The van der Waals surface area contributed by atoms with Crippen molar-refractivity contribution in [2.24, 2.45) is 7.05 Å². The van der Waals surface area contributed by atoms with E-state index in [1.165, 1.54) is 5.01 Å². The molecule has 4 nitrogen and oxygen atoms in total. The van der Waals surface area contributed by atoms with E-state index in [0.717, 1.165) is 31.0 Å². The summed E-state index contributed by atoms with van der Waals surface area (Å²) in [6, 6.07) is 0. The van der Waals surface area contributed by atoms with Crippen LogP contribution in [0.25, 0.3) is 0 Å². The fraction of sp³-hybridized carbons (Fsp3) is 0.455. The molecule has 0 aliphatic carbocycles. The Kier molecular flexibility index (Phi) is 4.15. The van der Waals surface area contributed by atoms with Crippen molar-refractivity contribution in [2.75, 3.05) is 6.54 Å². The van der Waals surface area contributed by atoms with Gasteiger partial charge in [0.1, 0.15) is 11.0 Å². The van der Waals surface area contributed by atoms with Crippen molar-refractivity contribution in [3.05, 3.63) is 33.3 Å². The van der Waals surface area contributed by atoms with Gasteiger partial charge in [0.25, 0.3) is 0 Å². The minimum atomic E-state index is 0.664. The Morgan fingerprint density at radius 1 is 1.53 bits per heavy atom. The number of imidazole rings is 1. The van der Waals surface area contributed by atoms with Crippen molar-refractivity contribution < 1.29 is 0 Å². The molecule has 0 aromatic carbocycles. The molecule has 0 amide bonds. The highest BCUT2D eigenvalue weighted by atomic mass is 35.5. The van der Waals surface area contributed by atoms with Gasteiger partial charge in [-0.05, 0) is 6.92 Å². The Labute approximate surface area is 110 Å². The summed E-state index contributed by atoms with van der Waals surface area (Å²) in [5.41, 5.74) is 1.10. The summed E-state index contributed by atoms with van der Waals surface area (Å²) >= 11 is 7.62. The molecule has 0 fully saturated rings. The molecule has 0 atom stereocenters. The molecule has 17 heavy (non-hydrogen) atoms. The smallest absolute Gasteiger partial charge is 0.128 e. The van der Waals surface area contributed by atoms with E-state index in [1.54, 1.807) is 17.5 Å². The third-order valence-corrected chi connectivity index (χ3v) is 3.87. The zero-order valence-electron chi connectivity index (χ0n) is 9.90. The quantitative estimate of drug-likeness (QED) is 0.847. The first-order valence-corrected chi connectivity index (χ1v) is 6.70. The number of thiazole rings is 1. The Morgan fingerprint density at radius 2 is 2.35 bits per heavy atom. The van der Waals surface area contributed by atoms with E-state index in [-0.39, 0.29) is 0 Å². The molecule has 0 unspecified atom stereocenters. The number of aromatic nitrogens is 3. The maximum atomic E-state index is 5.91. The molecule has 2 heterocycles. The van der Waals surface area contributed by atoms with Gasteiger partial charge >= 0.3 is 0 Å². The topological polar surface area (TPSA) is 42.7 Å². The average Bonchev–Trinajstić information content (AvgIpc) is 2.84. The van der Waals surface area contributed by atoms with Crippen LogP contribution in [0.1, 0.15) is 16.5 Å². The van der Waals surface area contributed by atoms with E-state index >= 15 is 0 Å². The summed E-state index contributed by atoms with van der Waals surface area (Å²) < 4.78 is 1.88. The van der Waals surface area contributed by atoms with E-state index in [1.807, 2.05) is 18.5 Å². The first kappa shape index (κ1) is 12.5. The van der Waals surface area contributed by atoms with Crippen molar-refractivity contribution >= 4 is 22.9 Å². The fourth-order valence-electron chi connectivity index (χ4n) is 1.50. The summed E-state index contributed by atoms with van der Waals surface area (Å²) in [4.78, 5) is 8.63. The SMILES string of the molecule is Cc1csc(CCNCc2ncc(Cl)n2C)n1. The van der Waals surface area contributed by atoms with Gasteiger partial charge in [-0.1, -0.05) is 11.6 Å². The minimum Gasteiger partial charge on any atom is -0.321 e. The van der Waals surface area contributed by atoms with Crippen LogP contribution in [-0.4, -0.2) is 21.1 Å². The van der Waals surface area contributed by atoms with Crippen LogP contribution in [0.5, 0.6) is 0 Å². The highest BCUT2D eigenvalue weighted by Crippen LogP contribution is 2.10. The number of rotatable bonds is 5. The van der Waals surface area contributed by atoms with Gasteiger partial charge in [-0.25, -0.2) is 9.97 Å². The lowest BCUT2D eigenvalue weighted by atomic mass is 10.4. The zero-order chi connectivity index (χ0) is 12.3. The molecule has 92 valence electrons. The molecule has 0 aliphatic heterocycles. The van der Waals surface area contributed by atoms with Crippen molar-refractivity contribution in [2.45, 2.75) is 19.9 Å². The second-order valence-corrected chi connectivity index (χ2v) is 5.20. The van der Waals surface area contributed by atoms with Crippen molar-refractivity contribution in [3.63, 3.8) is 0 Å². The van der Waals surface area contributed by atoms with Crippen molar-refractivity contribution in [1.82, 2.24) is 19.9 Å². The molecule has 0 saturated carbocycles. The summed E-state index contributed by atoms with van der Waals surface area (Å²) in [6.07, 6.45) is 2.62. The van der Waals surface area contributed by atoms with Crippen molar-refractivity contribution in [3.8, 4) is 0 Å². The molecule has 0 saturated heterocycles. The van der Waals surface area contributed by atoms with Crippen LogP contribution in [0.15, 0.2) is 11.6 Å². The van der Waals surface area contributed by atoms with Crippen LogP contribution >= 0.6 is 22.9 Å². The van der Waals surface area contributed by atoms with Crippen LogP contribution < -0.4 is 5.32 Å². The lowest BCUT2D eigenvalue weighted by Crippen LogP contribution is -2.19. The minimum absolute atomic E-state index is 0.664. The number of hydrogen-bond donors (Lipinski definition) is 1. The Morgan fingerprint density at radius 3 is 2.94 bits per heavy atom. The van der Waals surface area contributed by atoms with Gasteiger partial charge in [0.05, 0.1) is 17.7 Å². The summed E-state index contributed by atoms with van der Waals surface area (Å²) in [6.45, 7) is 3.65. The standard InChI is InChI=1S/C11H15ClN4S/c1-8-7-17-11(15-8)3-4-13-6-10-14-5-9(12)16(10)2/h5,7,13H,3-4,6H2,1-2H3. The molecule has 0 bridgehead atoms. The fourth-order valence-corrected chi connectivity index (χ4v) is 2.42. The number of aryl methyl sites for hydroxylation is 1.